The zero-order chi connectivity index (χ0) is 15.6. The first kappa shape index (κ1) is 15.5. The molecule has 0 heterocycles. The van der Waals surface area contributed by atoms with E-state index >= 15 is 0 Å². The van der Waals surface area contributed by atoms with Gasteiger partial charge in [0.15, 0.2) is 0 Å². The van der Waals surface area contributed by atoms with Crippen molar-refractivity contribution in [2.75, 3.05) is 11.9 Å². The molecule has 0 bridgehead atoms. The average Bonchev–Trinajstić information content (AvgIpc) is 2.55. The molecule has 0 saturated heterocycles. The molecule has 4 nitrogen and oxygen atoms in total. The van der Waals surface area contributed by atoms with Crippen molar-refractivity contribution in [2.24, 2.45) is 5.10 Å². The Balaban J connectivity index is 1.73. The summed E-state index contributed by atoms with van der Waals surface area (Å²) in [6.07, 6.45) is 5.25. The highest BCUT2D eigenvalue weighted by Crippen LogP contribution is 2.12. The molecule has 0 aliphatic heterocycles. The average molecular weight is 293 g/mol. The van der Waals surface area contributed by atoms with E-state index in [-0.39, 0.29) is 12.5 Å². The number of hydrazone groups is 1. The van der Waals surface area contributed by atoms with E-state index in [1.165, 1.54) is 0 Å². The number of carbonyl (C=O) groups excluding carboxylic acids is 1. The molecule has 0 saturated carbocycles. The minimum Gasteiger partial charge on any atom is -0.376 e. The van der Waals surface area contributed by atoms with Gasteiger partial charge in [-0.1, -0.05) is 54.6 Å². The van der Waals surface area contributed by atoms with Gasteiger partial charge in [0.1, 0.15) is 0 Å². The van der Waals surface area contributed by atoms with Gasteiger partial charge >= 0.3 is 0 Å². The van der Waals surface area contributed by atoms with Crippen molar-refractivity contribution in [2.45, 2.75) is 6.92 Å². The lowest BCUT2D eigenvalue weighted by Crippen LogP contribution is -2.25. The fourth-order valence-electron chi connectivity index (χ4n) is 1.86. The number of nitrogens with one attached hydrogen (secondary N) is 2. The van der Waals surface area contributed by atoms with Crippen LogP contribution in [0.4, 0.5) is 5.69 Å². The highest BCUT2D eigenvalue weighted by atomic mass is 16.2. The molecule has 2 aromatic rings. The van der Waals surface area contributed by atoms with Crippen molar-refractivity contribution in [3.05, 3.63) is 71.8 Å². The Morgan fingerprint density at radius 2 is 1.82 bits per heavy atom. The summed E-state index contributed by atoms with van der Waals surface area (Å²) in [7, 11) is 0. The number of para-hydroxylation sites is 1. The van der Waals surface area contributed by atoms with Gasteiger partial charge in [-0.15, -0.1) is 0 Å². The van der Waals surface area contributed by atoms with Crippen LogP contribution in [0.2, 0.25) is 0 Å². The summed E-state index contributed by atoms with van der Waals surface area (Å²) >= 11 is 0. The van der Waals surface area contributed by atoms with E-state index in [1.54, 1.807) is 12.3 Å². The number of aryl methyl sites for hydroxylation is 1. The van der Waals surface area contributed by atoms with E-state index in [4.69, 9.17) is 0 Å². The third kappa shape index (κ3) is 5.25. The third-order valence-electron chi connectivity index (χ3n) is 3.02. The lowest BCUT2D eigenvalue weighted by atomic mass is 10.2. The minimum atomic E-state index is -0.187. The molecule has 1 amide bonds. The third-order valence-corrected chi connectivity index (χ3v) is 3.02. The molecule has 0 atom stereocenters. The van der Waals surface area contributed by atoms with Crippen LogP contribution in [0, 0.1) is 6.92 Å². The quantitative estimate of drug-likeness (QED) is 0.634. The standard InChI is InChI=1S/C18H19N3O/c1-15-8-5-6-12-17(15)19-14-18(22)21-20-13-7-11-16-9-3-2-4-10-16/h2-13,19H,14H2,1H3,(H,21,22)/b11-7+,20-13+. The number of carbonyl (C=O) groups is 1. The number of anilines is 1. The highest BCUT2D eigenvalue weighted by Gasteiger charge is 2.00. The topological polar surface area (TPSA) is 53.5 Å². The Bertz CT molecular complexity index is 663. The van der Waals surface area contributed by atoms with Gasteiger partial charge in [0.25, 0.3) is 5.91 Å². The second-order valence-corrected chi connectivity index (χ2v) is 4.75. The molecule has 0 aliphatic rings. The van der Waals surface area contributed by atoms with Crippen molar-refractivity contribution in [1.29, 1.82) is 0 Å². The second kappa shape index (κ2) is 8.42. The summed E-state index contributed by atoms with van der Waals surface area (Å²) in [6, 6.07) is 17.7. The van der Waals surface area contributed by atoms with Crippen molar-refractivity contribution >= 4 is 23.9 Å². The zero-order valence-corrected chi connectivity index (χ0v) is 12.5. The summed E-state index contributed by atoms with van der Waals surface area (Å²) in [5, 5.41) is 6.95. The van der Waals surface area contributed by atoms with Gasteiger partial charge in [0.2, 0.25) is 0 Å². The van der Waals surface area contributed by atoms with E-state index in [9.17, 15) is 4.79 Å². The van der Waals surface area contributed by atoms with Crippen LogP contribution in [0.1, 0.15) is 11.1 Å². The van der Waals surface area contributed by atoms with Gasteiger partial charge in [0, 0.05) is 11.9 Å². The van der Waals surface area contributed by atoms with Crippen molar-refractivity contribution in [1.82, 2.24) is 5.43 Å². The highest BCUT2D eigenvalue weighted by molar-refractivity contribution is 5.83. The van der Waals surface area contributed by atoms with Crippen LogP contribution >= 0.6 is 0 Å². The molecular weight excluding hydrogens is 274 g/mol. The van der Waals surface area contributed by atoms with Gasteiger partial charge in [0.05, 0.1) is 6.54 Å². The van der Waals surface area contributed by atoms with Gasteiger partial charge in [-0.25, -0.2) is 5.43 Å². The molecule has 22 heavy (non-hydrogen) atoms. The van der Waals surface area contributed by atoms with E-state index in [1.807, 2.05) is 67.6 Å². The number of nitrogens with zero attached hydrogens (tertiary/aromatic N) is 1. The van der Waals surface area contributed by atoms with E-state index in [2.05, 4.69) is 15.8 Å². The Hall–Kier alpha value is -2.88. The minimum absolute atomic E-state index is 0.185. The summed E-state index contributed by atoms with van der Waals surface area (Å²) in [5.41, 5.74) is 5.61. The molecule has 0 aliphatic carbocycles. The normalized spacial score (nSPS) is 11.0. The van der Waals surface area contributed by atoms with Crippen molar-refractivity contribution in [3.63, 3.8) is 0 Å². The number of hydrogen-bond donors (Lipinski definition) is 2. The summed E-state index contributed by atoms with van der Waals surface area (Å²) in [5.74, 6) is -0.187. The SMILES string of the molecule is Cc1ccccc1NCC(=O)N/N=C/C=C/c1ccccc1. The summed E-state index contributed by atoms with van der Waals surface area (Å²) in [4.78, 5) is 11.6. The van der Waals surface area contributed by atoms with Crippen LogP contribution in [-0.2, 0) is 4.79 Å². The molecule has 0 fully saturated rings. The first-order chi connectivity index (χ1) is 10.8. The molecule has 4 heteroatoms. The zero-order valence-electron chi connectivity index (χ0n) is 12.5. The first-order valence-electron chi connectivity index (χ1n) is 7.09. The molecule has 2 rings (SSSR count). The van der Waals surface area contributed by atoms with Crippen LogP contribution in [-0.4, -0.2) is 18.7 Å². The molecule has 2 aromatic carbocycles. The lowest BCUT2D eigenvalue weighted by Gasteiger charge is -2.07. The molecule has 0 spiro atoms. The number of allylic oxidation sites excluding steroid dienone is 1. The van der Waals surface area contributed by atoms with Gasteiger partial charge in [-0.3, -0.25) is 4.79 Å². The summed E-state index contributed by atoms with van der Waals surface area (Å²) in [6.45, 7) is 2.18. The maximum atomic E-state index is 11.6. The molecular formula is C18H19N3O. The van der Waals surface area contributed by atoms with Gasteiger partial charge < -0.3 is 5.32 Å². The fourth-order valence-corrected chi connectivity index (χ4v) is 1.86. The Morgan fingerprint density at radius 3 is 2.59 bits per heavy atom. The fraction of sp³-hybridized carbons (Fsp3) is 0.111. The Labute approximate surface area is 130 Å². The van der Waals surface area contributed by atoms with Crippen LogP contribution < -0.4 is 10.7 Å². The number of benzene rings is 2. The smallest absolute Gasteiger partial charge is 0.259 e. The predicted molar refractivity (Wildman–Crippen MR) is 91.8 cm³/mol. The predicted octanol–water partition coefficient (Wildman–Crippen LogP) is 3.22. The largest absolute Gasteiger partial charge is 0.376 e. The number of hydrogen-bond acceptors (Lipinski definition) is 3. The van der Waals surface area contributed by atoms with Gasteiger partial charge in [-0.05, 0) is 30.2 Å². The molecule has 2 N–H and O–H groups in total. The molecule has 112 valence electrons. The summed E-state index contributed by atoms with van der Waals surface area (Å²) < 4.78 is 0. The van der Waals surface area contributed by atoms with Crippen LogP contribution in [0.25, 0.3) is 6.08 Å². The molecule has 0 unspecified atom stereocenters. The van der Waals surface area contributed by atoms with Crippen LogP contribution in [0.15, 0.2) is 65.8 Å². The second-order valence-electron chi connectivity index (χ2n) is 4.75. The number of amides is 1. The Morgan fingerprint density at radius 1 is 1.09 bits per heavy atom. The first-order valence-corrected chi connectivity index (χ1v) is 7.09. The monoisotopic (exact) mass is 293 g/mol. The van der Waals surface area contributed by atoms with E-state index in [0.717, 1.165) is 16.8 Å². The molecule has 0 radical (unpaired) electrons. The van der Waals surface area contributed by atoms with Crippen LogP contribution in [0.5, 0.6) is 0 Å². The number of rotatable bonds is 6. The molecule has 0 aromatic heterocycles. The van der Waals surface area contributed by atoms with Crippen molar-refractivity contribution < 1.29 is 4.79 Å². The van der Waals surface area contributed by atoms with Gasteiger partial charge in [-0.2, -0.15) is 5.10 Å². The lowest BCUT2D eigenvalue weighted by molar-refractivity contribution is -0.119. The maximum absolute atomic E-state index is 11.6. The van der Waals surface area contributed by atoms with E-state index < -0.39 is 0 Å². The maximum Gasteiger partial charge on any atom is 0.259 e. The van der Waals surface area contributed by atoms with E-state index in [0.29, 0.717) is 0 Å². The van der Waals surface area contributed by atoms with Crippen molar-refractivity contribution in [3.8, 4) is 0 Å². The van der Waals surface area contributed by atoms with Crippen LogP contribution in [0.3, 0.4) is 0 Å². The Kier molecular flexibility index (Phi) is 5.93.